The number of ether oxygens (including phenoxy) is 2. The van der Waals surface area contributed by atoms with Crippen molar-refractivity contribution in [2.75, 3.05) is 12.3 Å². The number of aromatic nitrogens is 2. The molecule has 0 spiro atoms. The Bertz CT molecular complexity index is 1850. The SMILES string of the molecule is CC.CC(C)(C)OC(=O)NCC(C)(C)SSCC(N)=O.Cc1c(F)cc2nc3c(c4c2c1CCC4)Cn1c-3cc2c(c1=O)COC(=O)C2O. The second-order valence-corrected chi connectivity index (χ2v) is 16.4. The molecule has 4 heterocycles. The van der Waals surface area contributed by atoms with E-state index in [1.54, 1.807) is 17.6 Å². The number of hydrogen-bond donors (Lipinski definition) is 3. The third-order valence-electron chi connectivity index (χ3n) is 8.08. The second-order valence-electron chi connectivity index (χ2n) is 13.4. The molecule has 1 atom stereocenters. The Morgan fingerprint density at radius 1 is 1.12 bits per heavy atom. The van der Waals surface area contributed by atoms with Crippen LogP contribution in [-0.4, -0.2) is 55.3 Å². The fourth-order valence-corrected chi connectivity index (χ4v) is 8.22. The van der Waals surface area contributed by atoms with E-state index < -0.39 is 23.8 Å². The largest absolute Gasteiger partial charge is 0.458 e. The number of rotatable bonds is 6. The number of carbonyl (C=O) groups excluding carboxylic acids is 3. The molecule has 0 radical (unpaired) electrons. The molecule has 2 aliphatic heterocycles. The average molecular weight is 717 g/mol. The first-order chi connectivity index (χ1) is 23.0. The van der Waals surface area contributed by atoms with E-state index in [4.69, 9.17) is 20.2 Å². The van der Waals surface area contributed by atoms with Crippen molar-refractivity contribution >= 4 is 50.5 Å². The number of nitrogens with one attached hydrogen (secondary N) is 1. The molecule has 14 heteroatoms. The van der Waals surface area contributed by atoms with E-state index >= 15 is 0 Å². The molecule has 0 saturated carbocycles. The lowest BCUT2D eigenvalue weighted by Crippen LogP contribution is -2.39. The lowest BCUT2D eigenvalue weighted by atomic mass is 9.85. The molecule has 6 rings (SSSR count). The van der Waals surface area contributed by atoms with Crippen LogP contribution in [0.25, 0.3) is 22.3 Å². The Hall–Kier alpha value is -3.62. The van der Waals surface area contributed by atoms with Gasteiger partial charge in [0.15, 0.2) is 6.10 Å². The number of aryl methyl sites for hydroxylation is 2. The summed E-state index contributed by atoms with van der Waals surface area (Å²) in [6.07, 6.45) is 0.681. The molecule has 11 nitrogen and oxygen atoms in total. The zero-order chi connectivity index (χ0) is 36.4. The van der Waals surface area contributed by atoms with Crippen LogP contribution in [0.15, 0.2) is 16.9 Å². The number of carbonyl (C=O) groups is 3. The maximum atomic E-state index is 14.5. The molecular weight excluding hydrogens is 672 g/mol. The minimum Gasteiger partial charge on any atom is -0.458 e. The molecule has 3 aromatic rings. The smallest absolute Gasteiger partial charge is 0.407 e. The van der Waals surface area contributed by atoms with Gasteiger partial charge in [0.2, 0.25) is 5.91 Å². The van der Waals surface area contributed by atoms with Gasteiger partial charge >= 0.3 is 12.1 Å². The monoisotopic (exact) mass is 716 g/mol. The summed E-state index contributed by atoms with van der Waals surface area (Å²) in [6.45, 7) is 15.9. The normalized spacial score (nSPS) is 15.8. The van der Waals surface area contributed by atoms with Gasteiger partial charge in [0.25, 0.3) is 5.56 Å². The van der Waals surface area contributed by atoms with Gasteiger partial charge in [0, 0.05) is 33.9 Å². The average Bonchev–Trinajstić information content (AvgIpc) is 3.40. The van der Waals surface area contributed by atoms with Gasteiger partial charge in [-0.3, -0.25) is 9.59 Å². The van der Waals surface area contributed by atoms with E-state index in [0.717, 1.165) is 41.3 Å². The molecule has 0 saturated heterocycles. The second kappa shape index (κ2) is 15.1. The van der Waals surface area contributed by atoms with Gasteiger partial charge in [-0.1, -0.05) is 35.4 Å². The summed E-state index contributed by atoms with van der Waals surface area (Å²) in [7, 11) is 2.90. The molecule has 266 valence electrons. The van der Waals surface area contributed by atoms with Crippen molar-refractivity contribution in [1.82, 2.24) is 14.9 Å². The minimum atomic E-state index is -1.48. The lowest BCUT2D eigenvalue weighted by molar-refractivity contribution is -0.157. The van der Waals surface area contributed by atoms with Crippen molar-refractivity contribution in [3.63, 3.8) is 0 Å². The lowest BCUT2D eigenvalue weighted by Gasteiger charge is -2.25. The summed E-state index contributed by atoms with van der Waals surface area (Å²) in [5.41, 5.74) is 10.4. The molecule has 2 amide bonds. The number of halogens is 1. The van der Waals surface area contributed by atoms with Gasteiger partial charge in [-0.05, 0) is 83.6 Å². The molecule has 1 aliphatic carbocycles. The Morgan fingerprint density at radius 2 is 1.80 bits per heavy atom. The van der Waals surface area contributed by atoms with Gasteiger partial charge in [-0.25, -0.2) is 19.0 Å². The summed E-state index contributed by atoms with van der Waals surface area (Å²) in [5.74, 6) is -1.11. The van der Waals surface area contributed by atoms with E-state index in [1.807, 2.05) is 48.5 Å². The van der Waals surface area contributed by atoms with E-state index in [0.29, 0.717) is 41.1 Å². The van der Waals surface area contributed by atoms with Crippen LogP contribution in [0.5, 0.6) is 0 Å². The first kappa shape index (κ1) is 38.2. The van der Waals surface area contributed by atoms with Gasteiger partial charge in [0.05, 0.1) is 34.8 Å². The molecule has 3 aliphatic rings. The van der Waals surface area contributed by atoms with E-state index in [-0.39, 0.29) is 40.0 Å². The number of aliphatic hydroxyl groups is 1. The molecular formula is C35H45FN4O7S2. The fourth-order valence-electron chi connectivity index (χ4n) is 5.94. The molecule has 0 bridgehead atoms. The van der Waals surface area contributed by atoms with Crippen LogP contribution in [0, 0.1) is 12.7 Å². The number of amides is 2. The summed E-state index contributed by atoms with van der Waals surface area (Å²) in [5, 5.41) is 13.9. The summed E-state index contributed by atoms with van der Waals surface area (Å²) in [4.78, 5) is 51.7. The van der Waals surface area contributed by atoms with Crippen molar-refractivity contribution in [3.8, 4) is 11.4 Å². The fraction of sp³-hybridized carbons (Fsp3) is 0.514. The molecule has 49 heavy (non-hydrogen) atoms. The number of fused-ring (bicyclic) bond motifs is 5. The van der Waals surface area contributed by atoms with Crippen LogP contribution in [0.4, 0.5) is 9.18 Å². The van der Waals surface area contributed by atoms with Crippen LogP contribution >= 0.6 is 21.6 Å². The molecule has 2 aromatic heterocycles. The topological polar surface area (TPSA) is 163 Å². The molecule has 0 fully saturated rings. The molecule has 1 aromatic carbocycles. The third kappa shape index (κ3) is 8.41. The van der Waals surface area contributed by atoms with Crippen molar-refractivity contribution in [2.45, 2.75) is 104 Å². The van der Waals surface area contributed by atoms with Crippen molar-refractivity contribution in [3.05, 3.63) is 61.7 Å². The maximum Gasteiger partial charge on any atom is 0.407 e. The minimum absolute atomic E-state index is 0.141. The number of aliphatic hydroxyl groups excluding tert-OH is 1. The van der Waals surface area contributed by atoms with Crippen molar-refractivity contribution in [1.29, 1.82) is 0 Å². The van der Waals surface area contributed by atoms with Crippen LogP contribution in [0.3, 0.4) is 0 Å². The number of primary amides is 1. The number of pyridine rings is 2. The quantitative estimate of drug-likeness (QED) is 0.168. The number of hydrogen-bond acceptors (Lipinski definition) is 10. The number of cyclic esters (lactones) is 1. The summed E-state index contributed by atoms with van der Waals surface area (Å²) in [6, 6.07) is 3.13. The highest BCUT2D eigenvalue weighted by Crippen LogP contribution is 2.42. The van der Waals surface area contributed by atoms with Crippen molar-refractivity contribution in [2.24, 2.45) is 5.73 Å². The van der Waals surface area contributed by atoms with Gasteiger partial charge < -0.3 is 30.2 Å². The highest BCUT2D eigenvalue weighted by Gasteiger charge is 2.35. The highest BCUT2D eigenvalue weighted by atomic mass is 33.1. The Kier molecular flexibility index (Phi) is 11.8. The maximum absolute atomic E-state index is 14.5. The van der Waals surface area contributed by atoms with Gasteiger partial charge in [-0.2, -0.15) is 0 Å². The van der Waals surface area contributed by atoms with Gasteiger partial charge in [-0.15, -0.1) is 0 Å². The number of nitrogens with two attached hydrogens (primary N) is 1. The standard InChI is InChI=1S/C22H17FN2O4.C11H22N2O3S2.C2H6/c1-9-10-3-2-4-11-13-7-25-17(19(13)24-16(18(10)11)6-15(9)23)5-12-14(21(25)27)8-29-22(28)20(12)26;1-10(2,3)16-9(15)13-7-11(4,5)18-17-6-8(12)14;1-2/h5-6,20,26H,2-4,7-8H2,1H3;6-7H2,1-5H3,(H2,12,14)(H,13,15);1-2H3. The van der Waals surface area contributed by atoms with Crippen LogP contribution in [0.2, 0.25) is 0 Å². The zero-order valence-electron chi connectivity index (χ0n) is 29.2. The first-order valence-electron chi connectivity index (χ1n) is 16.3. The number of esters is 1. The Balaban J connectivity index is 0.000000236. The zero-order valence-corrected chi connectivity index (χ0v) is 30.9. The van der Waals surface area contributed by atoms with Crippen LogP contribution < -0.4 is 16.6 Å². The van der Waals surface area contributed by atoms with Gasteiger partial charge in [0.1, 0.15) is 18.0 Å². The number of nitrogens with zero attached hydrogens (tertiary/aromatic N) is 2. The molecule has 4 N–H and O–H groups in total. The third-order valence-corrected chi connectivity index (χ3v) is 11.3. The van der Waals surface area contributed by atoms with Crippen LogP contribution in [0.1, 0.15) is 94.4 Å². The van der Waals surface area contributed by atoms with E-state index in [1.165, 1.54) is 27.7 Å². The van der Waals surface area contributed by atoms with Crippen LogP contribution in [-0.2, 0) is 45.1 Å². The number of alkyl carbamates (subject to hydrolysis) is 1. The molecule has 1 unspecified atom stereocenters. The van der Waals surface area contributed by atoms with Crippen molar-refractivity contribution < 1.29 is 33.4 Å². The summed E-state index contributed by atoms with van der Waals surface area (Å²) >= 11 is 0. The predicted octanol–water partition coefficient (Wildman–Crippen LogP) is 5.63. The Morgan fingerprint density at radius 3 is 2.45 bits per heavy atom. The van der Waals surface area contributed by atoms with E-state index in [9.17, 15) is 28.7 Å². The number of benzene rings is 1. The Labute approximate surface area is 293 Å². The van der Waals surface area contributed by atoms with E-state index in [2.05, 4.69) is 5.32 Å². The summed E-state index contributed by atoms with van der Waals surface area (Å²) < 4.78 is 26.0. The highest BCUT2D eigenvalue weighted by molar-refractivity contribution is 8.77. The predicted molar refractivity (Wildman–Crippen MR) is 191 cm³/mol. The first-order valence-corrected chi connectivity index (χ1v) is 18.6.